The fraction of sp³-hybridized carbons (Fsp3) is 0.321. The number of piperazine rings is 1. The van der Waals surface area contributed by atoms with E-state index in [1.54, 1.807) is 11.0 Å². The van der Waals surface area contributed by atoms with Crippen LogP contribution in [0.2, 0.25) is 0 Å². The van der Waals surface area contributed by atoms with Gasteiger partial charge in [0.05, 0.1) is 18.0 Å². The van der Waals surface area contributed by atoms with Crippen LogP contribution >= 0.6 is 0 Å². The molecule has 2 amide bonds. The molecule has 1 N–H and O–H groups in total. The van der Waals surface area contributed by atoms with Crippen molar-refractivity contribution in [3.8, 4) is 0 Å². The van der Waals surface area contributed by atoms with E-state index in [4.69, 9.17) is 4.74 Å². The minimum atomic E-state index is -0.452. The quantitative estimate of drug-likeness (QED) is 0.330. The average molecular weight is 531 g/mol. The van der Waals surface area contributed by atoms with Gasteiger partial charge in [0.15, 0.2) is 0 Å². The van der Waals surface area contributed by atoms with E-state index in [-0.39, 0.29) is 18.1 Å². The number of nitrogens with zero attached hydrogens (tertiary/aromatic N) is 5. The van der Waals surface area contributed by atoms with Gasteiger partial charge in [0.25, 0.3) is 5.69 Å². The van der Waals surface area contributed by atoms with Gasteiger partial charge in [-0.2, -0.15) is 0 Å². The Morgan fingerprint density at radius 3 is 2.33 bits per heavy atom. The highest BCUT2D eigenvalue weighted by molar-refractivity contribution is 5.90. The van der Waals surface area contributed by atoms with E-state index in [2.05, 4.69) is 20.1 Å². The molecule has 39 heavy (non-hydrogen) atoms. The highest BCUT2D eigenvalue weighted by Gasteiger charge is 2.32. The van der Waals surface area contributed by atoms with Crippen molar-refractivity contribution in [1.82, 2.24) is 10.3 Å². The summed E-state index contributed by atoms with van der Waals surface area (Å²) in [5.41, 5.74) is 2.88. The second kappa shape index (κ2) is 11.8. The summed E-state index contributed by atoms with van der Waals surface area (Å²) in [4.78, 5) is 45.3. The Bertz CT molecular complexity index is 1290. The predicted octanol–water partition coefficient (Wildman–Crippen LogP) is 3.39. The fourth-order valence-electron chi connectivity index (χ4n) is 4.77. The summed E-state index contributed by atoms with van der Waals surface area (Å²) in [5, 5.41) is 13.7. The van der Waals surface area contributed by atoms with Crippen LogP contribution in [0.25, 0.3) is 0 Å². The number of aryl methyl sites for hydroxylation is 1. The van der Waals surface area contributed by atoms with Gasteiger partial charge in [-0.1, -0.05) is 30.3 Å². The highest BCUT2D eigenvalue weighted by atomic mass is 16.6. The van der Waals surface area contributed by atoms with Gasteiger partial charge in [-0.05, 0) is 42.3 Å². The summed E-state index contributed by atoms with van der Waals surface area (Å²) in [7, 11) is 0. The number of benzene rings is 2. The van der Waals surface area contributed by atoms with Crippen molar-refractivity contribution in [2.45, 2.75) is 18.9 Å². The average Bonchev–Trinajstić information content (AvgIpc) is 3.36. The molecule has 11 heteroatoms. The number of pyridine rings is 1. The molecule has 2 aliphatic heterocycles. The van der Waals surface area contributed by atoms with Gasteiger partial charge in [-0.25, -0.2) is 9.78 Å². The summed E-state index contributed by atoms with van der Waals surface area (Å²) in [5.74, 6) is 0.659. The van der Waals surface area contributed by atoms with Crippen molar-refractivity contribution in [1.29, 1.82) is 0 Å². The molecule has 3 aromatic rings. The van der Waals surface area contributed by atoms with Gasteiger partial charge in [0, 0.05) is 50.0 Å². The maximum absolute atomic E-state index is 12.5. The number of ether oxygens (including phenoxy) is 1. The summed E-state index contributed by atoms with van der Waals surface area (Å²) >= 11 is 0. The number of amides is 2. The van der Waals surface area contributed by atoms with Crippen molar-refractivity contribution in [2.24, 2.45) is 0 Å². The normalized spacial score (nSPS) is 17.2. The van der Waals surface area contributed by atoms with E-state index in [1.807, 2.05) is 54.6 Å². The lowest BCUT2D eigenvalue weighted by molar-refractivity contribution is -0.385. The molecule has 2 aromatic carbocycles. The van der Waals surface area contributed by atoms with Crippen LogP contribution in [0, 0.1) is 10.1 Å². The standard InChI is InChI=1S/C28H30N6O5/c35-27(13-6-21-4-2-1-3-5-21)30-19-25-20-33(28(36)39-25)23-9-7-22(8-10-23)31-14-16-32(17-15-31)26-12-11-24(18-29-26)34(37)38/h1-5,7-12,18,25H,6,13-17,19-20H2,(H,30,35). The maximum Gasteiger partial charge on any atom is 0.414 e. The van der Waals surface area contributed by atoms with Gasteiger partial charge >= 0.3 is 6.09 Å². The summed E-state index contributed by atoms with van der Waals surface area (Å²) in [6.07, 6.45) is 1.51. The van der Waals surface area contributed by atoms with Crippen molar-refractivity contribution < 1.29 is 19.2 Å². The molecular weight excluding hydrogens is 500 g/mol. The molecule has 3 heterocycles. The van der Waals surface area contributed by atoms with Gasteiger partial charge < -0.3 is 19.9 Å². The summed E-state index contributed by atoms with van der Waals surface area (Å²) < 4.78 is 5.48. The molecule has 2 fully saturated rings. The first kappa shape index (κ1) is 26.0. The number of rotatable bonds is 9. The van der Waals surface area contributed by atoms with Crippen molar-refractivity contribution >= 4 is 34.9 Å². The second-order valence-electron chi connectivity index (χ2n) is 9.53. The van der Waals surface area contributed by atoms with Gasteiger partial charge in [-0.3, -0.25) is 19.8 Å². The fourth-order valence-corrected chi connectivity index (χ4v) is 4.77. The van der Waals surface area contributed by atoms with Crippen LogP contribution in [0.3, 0.4) is 0 Å². The van der Waals surface area contributed by atoms with Crippen LogP contribution in [0.5, 0.6) is 0 Å². The topological polar surface area (TPSA) is 121 Å². The minimum Gasteiger partial charge on any atom is -0.442 e. The number of nitrogens with one attached hydrogen (secondary N) is 1. The van der Waals surface area contributed by atoms with Crippen molar-refractivity contribution in [2.75, 3.05) is 54.0 Å². The van der Waals surface area contributed by atoms with Gasteiger partial charge in [0.2, 0.25) is 5.91 Å². The Kier molecular flexibility index (Phi) is 7.86. The maximum atomic E-state index is 12.5. The van der Waals surface area contributed by atoms with Gasteiger partial charge in [-0.15, -0.1) is 0 Å². The van der Waals surface area contributed by atoms with Crippen LogP contribution in [0.1, 0.15) is 12.0 Å². The Morgan fingerprint density at radius 2 is 1.67 bits per heavy atom. The smallest absolute Gasteiger partial charge is 0.414 e. The predicted molar refractivity (Wildman–Crippen MR) is 147 cm³/mol. The first-order chi connectivity index (χ1) is 19.0. The largest absolute Gasteiger partial charge is 0.442 e. The number of hydrogen-bond acceptors (Lipinski definition) is 8. The molecule has 0 aliphatic carbocycles. The molecular formula is C28H30N6O5. The van der Waals surface area contributed by atoms with Crippen LogP contribution < -0.4 is 20.0 Å². The van der Waals surface area contributed by atoms with Crippen LogP contribution in [0.4, 0.5) is 27.7 Å². The Balaban J connectivity index is 1.08. The third-order valence-corrected chi connectivity index (χ3v) is 6.96. The highest BCUT2D eigenvalue weighted by Crippen LogP contribution is 2.26. The van der Waals surface area contributed by atoms with E-state index in [1.165, 1.54) is 12.3 Å². The number of hydrogen-bond donors (Lipinski definition) is 1. The Labute approximate surface area is 226 Å². The van der Waals surface area contributed by atoms with Crippen molar-refractivity contribution in [3.63, 3.8) is 0 Å². The summed E-state index contributed by atoms with van der Waals surface area (Å²) in [6, 6.07) is 20.8. The first-order valence-corrected chi connectivity index (χ1v) is 13.0. The van der Waals surface area contributed by atoms with E-state index in [9.17, 15) is 19.7 Å². The summed E-state index contributed by atoms with van der Waals surface area (Å²) in [6.45, 7) is 3.68. The zero-order valence-corrected chi connectivity index (χ0v) is 21.4. The monoisotopic (exact) mass is 530 g/mol. The second-order valence-corrected chi connectivity index (χ2v) is 9.53. The molecule has 2 aliphatic rings. The molecule has 1 atom stereocenters. The van der Waals surface area contributed by atoms with Gasteiger partial charge in [0.1, 0.15) is 18.1 Å². The first-order valence-electron chi connectivity index (χ1n) is 13.0. The molecule has 0 radical (unpaired) electrons. The molecule has 11 nitrogen and oxygen atoms in total. The SMILES string of the molecule is O=C(CCc1ccccc1)NCC1CN(c2ccc(N3CCN(c4ccc([N+](=O)[O-])cn4)CC3)cc2)C(=O)O1. The lowest BCUT2D eigenvalue weighted by Crippen LogP contribution is -2.46. The lowest BCUT2D eigenvalue weighted by Gasteiger charge is -2.36. The molecule has 202 valence electrons. The minimum absolute atomic E-state index is 0.0192. The number of carbonyl (C=O) groups excluding carboxylic acids is 2. The van der Waals surface area contributed by atoms with Crippen LogP contribution in [-0.2, 0) is 16.0 Å². The number of anilines is 3. The van der Waals surface area contributed by atoms with E-state index < -0.39 is 17.1 Å². The molecule has 1 unspecified atom stereocenters. The Hall–Kier alpha value is -4.67. The Morgan fingerprint density at radius 1 is 0.974 bits per heavy atom. The van der Waals surface area contributed by atoms with Crippen LogP contribution in [-0.4, -0.2) is 67.3 Å². The van der Waals surface area contributed by atoms with E-state index >= 15 is 0 Å². The third-order valence-electron chi connectivity index (χ3n) is 6.96. The zero-order valence-electron chi connectivity index (χ0n) is 21.4. The van der Waals surface area contributed by atoms with Crippen molar-refractivity contribution in [3.05, 3.63) is 88.6 Å². The number of carbonyl (C=O) groups is 2. The number of cyclic esters (lactones) is 1. The molecule has 0 spiro atoms. The molecule has 5 rings (SSSR count). The molecule has 1 aromatic heterocycles. The van der Waals surface area contributed by atoms with E-state index in [0.717, 1.165) is 48.9 Å². The lowest BCUT2D eigenvalue weighted by atomic mass is 10.1. The van der Waals surface area contributed by atoms with Crippen LogP contribution in [0.15, 0.2) is 72.9 Å². The zero-order chi connectivity index (χ0) is 27.2. The van der Waals surface area contributed by atoms with E-state index in [0.29, 0.717) is 19.4 Å². The number of aromatic nitrogens is 1. The molecule has 0 bridgehead atoms. The number of nitro groups is 1. The molecule has 2 saturated heterocycles. The third kappa shape index (κ3) is 6.43. The molecule has 0 saturated carbocycles.